The molecule has 112 valence electrons. The molecule has 2 N–H and O–H groups in total. The van der Waals surface area contributed by atoms with E-state index in [9.17, 15) is 13.6 Å². The first-order valence-electron chi connectivity index (χ1n) is 6.51. The highest BCUT2D eigenvalue weighted by atomic mass is 32.2. The van der Waals surface area contributed by atoms with Gasteiger partial charge in [-0.2, -0.15) is 0 Å². The van der Waals surface area contributed by atoms with Crippen molar-refractivity contribution in [2.45, 2.75) is 37.1 Å². The van der Waals surface area contributed by atoms with Gasteiger partial charge in [0.05, 0.1) is 0 Å². The lowest BCUT2D eigenvalue weighted by molar-refractivity contribution is -0.121. The summed E-state index contributed by atoms with van der Waals surface area (Å²) in [5.74, 6) is -1.32. The first-order chi connectivity index (χ1) is 9.52. The van der Waals surface area contributed by atoms with Crippen LogP contribution in [0, 0.1) is 11.6 Å². The van der Waals surface area contributed by atoms with Crippen LogP contribution in [0.3, 0.4) is 0 Å². The number of nitrogens with one attached hydrogen (secondary N) is 1. The van der Waals surface area contributed by atoms with Crippen LogP contribution in [-0.2, 0) is 4.79 Å². The van der Waals surface area contributed by atoms with Crippen LogP contribution in [0.15, 0.2) is 23.1 Å². The highest BCUT2D eigenvalue weighted by Gasteiger charge is 2.08. The molecular formula is C14H19F2NO2S. The van der Waals surface area contributed by atoms with Crippen LogP contribution in [0.4, 0.5) is 8.78 Å². The Labute approximate surface area is 121 Å². The minimum atomic E-state index is -0.878. The molecule has 1 aromatic carbocycles. The summed E-state index contributed by atoms with van der Waals surface area (Å²) in [5, 5.41) is 11.5. The fraction of sp³-hybridized carbons (Fsp3) is 0.500. The Morgan fingerprint density at radius 1 is 1.40 bits per heavy atom. The molecule has 1 aromatic rings. The summed E-state index contributed by atoms with van der Waals surface area (Å²) >= 11 is 1.31. The lowest BCUT2D eigenvalue weighted by atomic mass is 10.2. The highest BCUT2D eigenvalue weighted by molar-refractivity contribution is 7.99. The Kier molecular flexibility index (Phi) is 7.54. The summed E-state index contributed by atoms with van der Waals surface area (Å²) in [4.78, 5) is 12.2. The van der Waals surface area contributed by atoms with Gasteiger partial charge < -0.3 is 10.4 Å². The largest absolute Gasteiger partial charge is 0.396 e. The molecule has 0 fully saturated rings. The predicted octanol–water partition coefficient (Wildman–Crippen LogP) is 2.72. The zero-order valence-corrected chi connectivity index (χ0v) is 12.2. The molecule has 0 spiro atoms. The SMILES string of the molecule is CC(CCCO)NC(=O)CCSc1ccc(F)c(F)c1. The van der Waals surface area contributed by atoms with Crippen molar-refractivity contribution in [2.24, 2.45) is 0 Å². The fourth-order valence-electron chi connectivity index (χ4n) is 1.64. The average molecular weight is 303 g/mol. The normalized spacial score (nSPS) is 12.2. The van der Waals surface area contributed by atoms with Crippen molar-refractivity contribution >= 4 is 17.7 Å². The van der Waals surface area contributed by atoms with Crippen molar-refractivity contribution in [2.75, 3.05) is 12.4 Å². The Hall–Kier alpha value is -1.14. The topological polar surface area (TPSA) is 49.3 Å². The molecule has 1 atom stereocenters. The second kappa shape index (κ2) is 8.92. The Balaban J connectivity index is 2.26. The quantitative estimate of drug-likeness (QED) is 0.726. The van der Waals surface area contributed by atoms with E-state index in [-0.39, 0.29) is 18.6 Å². The maximum Gasteiger partial charge on any atom is 0.221 e. The first-order valence-corrected chi connectivity index (χ1v) is 7.49. The van der Waals surface area contributed by atoms with Crippen molar-refractivity contribution in [3.8, 4) is 0 Å². The summed E-state index contributed by atoms with van der Waals surface area (Å²) < 4.78 is 25.7. The third-order valence-corrected chi connectivity index (χ3v) is 3.69. The predicted molar refractivity (Wildman–Crippen MR) is 75.6 cm³/mol. The monoisotopic (exact) mass is 303 g/mol. The van der Waals surface area contributed by atoms with E-state index in [1.165, 1.54) is 17.8 Å². The average Bonchev–Trinajstić information content (AvgIpc) is 2.40. The Morgan fingerprint density at radius 3 is 2.80 bits per heavy atom. The molecule has 1 amide bonds. The van der Waals surface area contributed by atoms with E-state index in [0.29, 0.717) is 23.5 Å². The molecule has 0 heterocycles. The molecule has 6 heteroatoms. The van der Waals surface area contributed by atoms with Gasteiger partial charge in [0.1, 0.15) is 0 Å². The summed E-state index contributed by atoms with van der Waals surface area (Å²) in [6, 6.07) is 3.73. The highest BCUT2D eigenvalue weighted by Crippen LogP contribution is 2.20. The molecule has 0 aliphatic rings. The zero-order valence-electron chi connectivity index (χ0n) is 11.4. The van der Waals surface area contributed by atoms with Crippen molar-refractivity contribution in [1.29, 1.82) is 0 Å². The number of hydrogen-bond donors (Lipinski definition) is 2. The molecule has 1 rings (SSSR count). The van der Waals surface area contributed by atoms with E-state index < -0.39 is 11.6 Å². The van der Waals surface area contributed by atoms with Crippen LogP contribution in [0.1, 0.15) is 26.2 Å². The summed E-state index contributed by atoms with van der Waals surface area (Å²) in [6.45, 7) is 2.00. The van der Waals surface area contributed by atoms with Gasteiger partial charge in [-0.15, -0.1) is 11.8 Å². The van der Waals surface area contributed by atoms with Crippen molar-refractivity contribution in [3.63, 3.8) is 0 Å². The number of carbonyl (C=O) groups is 1. The number of hydrogen-bond acceptors (Lipinski definition) is 3. The van der Waals surface area contributed by atoms with E-state index in [2.05, 4.69) is 5.32 Å². The molecule has 0 aliphatic carbocycles. The van der Waals surface area contributed by atoms with Crippen LogP contribution in [0.2, 0.25) is 0 Å². The lowest BCUT2D eigenvalue weighted by Crippen LogP contribution is -2.32. The van der Waals surface area contributed by atoms with E-state index in [1.54, 1.807) is 0 Å². The fourth-order valence-corrected chi connectivity index (χ4v) is 2.52. The van der Waals surface area contributed by atoms with Gasteiger partial charge in [0.2, 0.25) is 5.91 Å². The number of thioether (sulfide) groups is 1. The van der Waals surface area contributed by atoms with Crippen molar-refractivity contribution in [3.05, 3.63) is 29.8 Å². The zero-order chi connectivity index (χ0) is 15.0. The van der Waals surface area contributed by atoms with E-state index in [1.807, 2.05) is 6.92 Å². The number of aliphatic hydroxyl groups excluding tert-OH is 1. The van der Waals surface area contributed by atoms with Crippen molar-refractivity contribution < 1.29 is 18.7 Å². The number of halogens is 2. The van der Waals surface area contributed by atoms with Crippen molar-refractivity contribution in [1.82, 2.24) is 5.32 Å². The van der Waals surface area contributed by atoms with Gasteiger partial charge in [-0.3, -0.25) is 4.79 Å². The summed E-state index contributed by atoms with van der Waals surface area (Å²) in [6.07, 6.45) is 1.71. The molecule has 20 heavy (non-hydrogen) atoms. The van der Waals surface area contributed by atoms with E-state index in [0.717, 1.165) is 18.6 Å². The van der Waals surface area contributed by atoms with Crippen LogP contribution < -0.4 is 5.32 Å². The molecule has 0 aromatic heterocycles. The van der Waals surface area contributed by atoms with Gasteiger partial charge >= 0.3 is 0 Å². The van der Waals surface area contributed by atoms with E-state index in [4.69, 9.17) is 5.11 Å². The molecule has 3 nitrogen and oxygen atoms in total. The van der Waals surface area contributed by atoms with Crippen LogP contribution in [-0.4, -0.2) is 29.4 Å². The number of amides is 1. The third kappa shape index (κ3) is 6.34. The van der Waals surface area contributed by atoms with Crippen LogP contribution in [0.25, 0.3) is 0 Å². The van der Waals surface area contributed by atoms with Gasteiger partial charge in [0.15, 0.2) is 11.6 Å². The van der Waals surface area contributed by atoms with E-state index >= 15 is 0 Å². The minimum absolute atomic E-state index is 0.0305. The molecule has 0 saturated heterocycles. The molecule has 1 unspecified atom stereocenters. The molecule has 0 radical (unpaired) electrons. The molecular weight excluding hydrogens is 284 g/mol. The number of carbonyl (C=O) groups excluding carboxylic acids is 1. The van der Waals surface area contributed by atoms with Gasteiger partial charge in [0.25, 0.3) is 0 Å². The standard InChI is InChI=1S/C14H19F2NO2S/c1-10(3-2-7-18)17-14(19)6-8-20-11-4-5-12(15)13(16)9-11/h4-5,9-10,18H,2-3,6-8H2,1H3,(H,17,19). The van der Waals surface area contributed by atoms with Crippen LogP contribution >= 0.6 is 11.8 Å². The number of rotatable bonds is 8. The van der Waals surface area contributed by atoms with Gasteiger partial charge in [-0.25, -0.2) is 8.78 Å². The number of benzene rings is 1. The Bertz CT molecular complexity index is 443. The molecule has 0 aliphatic heterocycles. The van der Waals surface area contributed by atoms with Crippen LogP contribution in [0.5, 0.6) is 0 Å². The lowest BCUT2D eigenvalue weighted by Gasteiger charge is -2.12. The second-order valence-corrected chi connectivity index (χ2v) is 5.68. The van der Waals surface area contributed by atoms with Gasteiger partial charge in [-0.1, -0.05) is 0 Å². The van der Waals surface area contributed by atoms with Gasteiger partial charge in [-0.05, 0) is 38.0 Å². The summed E-state index contributed by atoms with van der Waals surface area (Å²) in [5.41, 5.74) is 0. The summed E-state index contributed by atoms with van der Waals surface area (Å²) in [7, 11) is 0. The first kappa shape index (κ1) is 16.9. The number of aliphatic hydroxyl groups is 1. The Morgan fingerprint density at radius 2 is 2.15 bits per heavy atom. The second-order valence-electron chi connectivity index (χ2n) is 4.51. The third-order valence-electron chi connectivity index (χ3n) is 2.69. The molecule has 0 bridgehead atoms. The maximum absolute atomic E-state index is 13.0. The smallest absolute Gasteiger partial charge is 0.221 e. The minimum Gasteiger partial charge on any atom is -0.396 e. The molecule has 0 saturated carbocycles. The van der Waals surface area contributed by atoms with Gasteiger partial charge in [0, 0.05) is 29.7 Å². The maximum atomic E-state index is 13.0.